The van der Waals surface area contributed by atoms with E-state index in [4.69, 9.17) is 5.73 Å². The van der Waals surface area contributed by atoms with Crippen molar-refractivity contribution < 1.29 is 0 Å². The highest BCUT2D eigenvalue weighted by atomic mass is 15.2. The number of hydrogen-bond acceptors (Lipinski definition) is 4. The van der Waals surface area contributed by atoms with Crippen LogP contribution in [-0.4, -0.2) is 22.6 Å². The smallest absolute Gasteiger partial charge is 0.147 e. The van der Waals surface area contributed by atoms with Crippen molar-refractivity contribution >= 4 is 5.82 Å². The lowest BCUT2D eigenvalue weighted by molar-refractivity contribution is 0.416. The number of aromatic nitrogens is 2. The fourth-order valence-corrected chi connectivity index (χ4v) is 2.60. The molecule has 4 nitrogen and oxygen atoms in total. The molecule has 0 aromatic carbocycles. The Morgan fingerprint density at radius 1 is 1.24 bits per heavy atom. The van der Waals surface area contributed by atoms with Crippen molar-refractivity contribution in [3.63, 3.8) is 0 Å². The first-order valence-corrected chi connectivity index (χ1v) is 6.62. The van der Waals surface area contributed by atoms with Crippen molar-refractivity contribution in [3.8, 4) is 0 Å². The summed E-state index contributed by atoms with van der Waals surface area (Å²) >= 11 is 0. The van der Waals surface area contributed by atoms with Crippen LogP contribution in [0.2, 0.25) is 0 Å². The van der Waals surface area contributed by atoms with Gasteiger partial charge in [-0.15, -0.1) is 0 Å². The molecule has 0 saturated heterocycles. The summed E-state index contributed by atoms with van der Waals surface area (Å²) in [5.41, 5.74) is 6.39. The molecule has 1 aromatic rings. The van der Waals surface area contributed by atoms with E-state index in [9.17, 15) is 0 Å². The van der Waals surface area contributed by atoms with Crippen molar-refractivity contribution in [2.45, 2.75) is 51.6 Å². The molecule has 0 spiro atoms. The average molecular weight is 234 g/mol. The second-order valence-corrected chi connectivity index (χ2v) is 4.65. The van der Waals surface area contributed by atoms with Crippen molar-refractivity contribution in [3.05, 3.63) is 18.1 Å². The van der Waals surface area contributed by atoms with Crippen molar-refractivity contribution in [2.24, 2.45) is 5.73 Å². The summed E-state index contributed by atoms with van der Waals surface area (Å²) in [4.78, 5) is 11.2. The van der Waals surface area contributed by atoms with Gasteiger partial charge in [-0.2, -0.15) is 0 Å². The maximum absolute atomic E-state index is 5.54. The van der Waals surface area contributed by atoms with Gasteiger partial charge < -0.3 is 10.6 Å². The minimum atomic E-state index is 0.461. The summed E-state index contributed by atoms with van der Waals surface area (Å²) in [6.45, 7) is 3.65. The minimum absolute atomic E-state index is 0.461. The molecule has 1 aliphatic rings. The normalized spacial score (nSPS) is 17.1. The van der Waals surface area contributed by atoms with E-state index in [0.717, 1.165) is 18.1 Å². The van der Waals surface area contributed by atoms with E-state index < -0.39 is 0 Å². The maximum atomic E-state index is 5.54. The van der Waals surface area contributed by atoms with Crippen LogP contribution in [0, 0.1) is 0 Å². The van der Waals surface area contributed by atoms with Crippen LogP contribution in [0.5, 0.6) is 0 Å². The largest absolute Gasteiger partial charge is 0.353 e. The molecule has 1 heterocycles. The quantitative estimate of drug-likeness (QED) is 0.866. The Balaban J connectivity index is 2.10. The summed E-state index contributed by atoms with van der Waals surface area (Å²) < 4.78 is 0. The van der Waals surface area contributed by atoms with E-state index >= 15 is 0 Å². The molecular weight excluding hydrogens is 212 g/mol. The highest BCUT2D eigenvalue weighted by molar-refractivity contribution is 5.37. The summed E-state index contributed by atoms with van der Waals surface area (Å²) in [5, 5.41) is 0. The Kier molecular flexibility index (Phi) is 4.31. The van der Waals surface area contributed by atoms with Crippen LogP contribution in [0.1, 0.15) is 44.7 Å². The molecule has 0 aliphatic heterocycles. The van der Waals surface area contributed by atoms with Gasteiger partial charge in [0.05, 0.1) is 18.1 Å². The van der Waals surface area contributed by atoms with Crippen LogP contribution in [0.4, 0.5) is 5.82 Å². The Bertz CT molecular complexity index is 330. The summed E-state index contributed by atoms with van der Waals surface area (Å²) in [6, 6.07) is 0.645. The van der Waals surface area contributed by atoms with E-state index in [1.54, 1.807) is 6.20 Å². The van der Waals surface area contributed by atoms with Crippen LogP contribution >= 0.6 is 0 Å². The number of anilines is 1. The zero-order valence-electron chi connectivity index (χ0n) is 10.6. The molecular formula is C13H22N4. The minimum Gasteiger partial charge on any atom is -0.353 e. The predicted octanol–water partition coefficient (Wildman–Crippen LogP) is 2.09. The third-order valence-corrected chi connectivity index (χ3v) is 3.55. The average Bonchev–Trinajstić information content (AvgIpc) is 2.42. The van der Waals surface area contributed by atoms with Crippen LogP contribution in [0.15, 0.2) is 12.4 Å². The lowest BCUT2D eigenvalue weighted by Gasteiger charge is -2.34. The first-order valence-electron chi connectivity index (χ1n) is 6.62. The number of hydrogen-bond donors (Lipinski definition) is 1. The maximum Gasteiger partial charge on any atom is 0.147 e. The van der Waals surface area contributed by atoms with E-state index in [0.29, 0.717) is 12.6 Å². The Hall–Kier alpha value is -1.16. The Morgan fingerprint density at radius 2 is 2.00 bits per heavy atom. The number of rotatable bonds is 4. The van der Waals surface area contributed by atoms with E-state index in [1.165, 1.54) is 32.1 Å². The van der Waals surface area contributed by atoms with Crippen LogP contribution in [-0.2, 0) is 6.54 Å². The zero-order chi connectivity index (χ0) is 12.1. The lowest BCUT2D eigenvalue weighted by atomic mass is 9.94. The molecule has 17 heavy (non-hydrogen) atoms. The molecule has 1 aromatic heterocycles. The lowest BCUT2D eigenvalue weighted by Crippen LogP contribution is -2.37. The summed E-state index contributed by atoms with van der Waals surface area (Å²) in [6.07, 6.45) is 10.3. The molecule has 94 valence electrons. The highest BCUT2D eigenvalue weighted by Gasteiger charge is 2.21. The van der Waals surface area contributed by atoms with Gasteiger partial charge in [0.15, 0.2) is 0 Å². The molecule has 1 saturated carbocycles. The molecule has 0 unspecified atom stereocenters. The van der Waals surface area contributed by atoms with E-state index in [1.807, 2.05) is 6.20 Å². The van der Waals surface area contributed by atoms with Gasteiger partial charge in [-0.05, 0) is 19.8 Å². The van der Waals surface area contributed by atoms with Gasteiger partial charge >= 0.3 is 0 Å². The van der Waals surface area contributed by atoms with Gasteiger partial charge in [0.25, 0.3) is 0 Å². The topological polar surface area (TPSA) is 55.0 Å². The van der Waals surface area contributed by atoms with Crippen LogP contribution < -0.4 is 10.6 Å². The van der Waals surface area contributed by atoms with Gasteiger partial charge in [-0.1, -0.05) is 19.3 Å². The standard InChI is InChI=1S/C13H22N4/c1-2-17(12-6-4-3-5-7-12)13-10-15-11(8-14)9-16-13/h9-10,12H,2-8,14H2,1H3. The van der Waals surface area contributed by atoms with Gasteiger partial charge in [-0.25, -0.2) is 4.98 Å². The monoisotopic (exact) mass is 234 g/mol. The van der Waals surface area contributed by atoms with E-state index in [-0.39, 0.29) is 0 Å². The molecule has 0 amide bonds. The molecule has 0 atom stereocenters. The molecule has 4 heteroatoms. The molecule has 2 N–H and O–H groups in total. The Labute approximate surface area is 103 Å². The number of nitrogens with zero attached hydrogens (tertiary/aromatic N) is 3. The van der Waals surface area contributed by atoms with Crippen molar-refractivity contribution in [1.82, 2.24) is 9.97 Å². The van der Waals surface area contributed by atoms with Gasteiger partial charge in [0, 0.05) is 19.1 Å². The second kappa shape index (κ2) is 5.96. The Morgan fingerprint density at radius 3 is 2.53 bits per heavy atom. The fraction of sp³-hybridized carbons (Fsp3) is 0.692. The fourth-order valence-electron chi connectivity index (χ4n) is 2.60. The van der Waals surface area contributed by atoms with Gasteiger partial charge in [-0.3, -0.25) is 4.98 Å². The zero-order valence-corrected chi connectivity index (χ0v) is 10.6. The van der Waals surface area contributed by atoms with Crippen molar-refractivity contribution in [2.75, 3.05) is 11.4 Å². The summed E-state index contributed by atoms with van der Waals surface area (Å²) in [7, 11) is 0. The molecule has 1 aliphatic carbocycles. The van der Waals surface area contributed by atoms with Crippen LogP contribution in [0.3, 0.4) is 0 Å². The predicted molar refractivity (Wildman–Crippen MR) is 69.8 cm³/mol. The van der Waals surface area contributed by atoms with Gasteiger partial charge in [0.1, 0.15) is 5.82 Å². The number of nitrogens with two attached hydrogens (primary N) is 1. The van der Waals surface area contributed by atoms with Crippen molar-refractivity contribution in [1.29, 1.82) is 0 Å². The third kappa shape index (κ3) is 2.94. The summed E-state index contributed by atoms with van der Waals surface area (Å²) in [5.74, 6) is 0.997. The molecule has 0 radical (unpaired) electrons. The highest BCUT2D eigenvalue weighted by Crippen LogP contribution is 2.25. The molecule has 1 fully saturated rings. The molecule has 2 rings (SSSR count). The first-order chi connectivity index (χ1) is 8.35. The SMILES string of the molecule is CCN(c1cnc(CN)cn1)C1CCCCC1. The second-order valence-electron chi connectivity index (χ2n) is 4.65. The third-order valence-electron chi connectivity index (χ3n) is 3.55. The van der Waals surface area contributed by atoms with Gasteiger partial charge in [0.2, 0.25) is 0 Å². The molecule has 0 bridgehead atoms. The first kappa shape index (κ1) is 12.3. The van der Waals surface area contributed by atoms with Crippen LogP contribution in [0.25, 0.3) is 0 Å². The van der Waals surface area contributed by atoms with E-state index in [2.05, 4.69) is 21.8 Å².